The third-order valence-electron chi connectivity index (χ3n) is 4.11. The van der Waals surface area contributed by atoms with E-state index >= 15 is 0 Å². The number of carbonyl (C=O) groups excluding carboxylic acids is 3. The maximum Gasteiger partial charge on any atom is 0.407 e. The second-order valence-corrected chi connectivity index (χ2v) is 9.32. The molecule has 4 atom stereocenters. The van der Waals surface area contributed by atoms with E-state index in [9.17, 15) is 19.5 Å². The van der Waals surface area contributed by atoms with Crippen molar-refractivity contribution in [3.8, 4) is 0 Å². The first-order valence-corrected chi connectivity index (χ1v) is 10.8. The smallest absolute Gasteiger partial charge is 0.407 e. The number of hydrogen-bond acceptors (Lipinski definition) is 9. The van der Waals surface area contributed by atoms with E-state index in [1.54, 1.807) is 0 Å². The molecule has 0 aromatic carbocycles. The molecule has 0 aromatic heterocycles. The number of hydrogen-bond donors (Lipinski definition) is 2. The number of carbonyl (C=O) groups is 3. The molecule has 178 valence electrons. The van der Waals surface area contributed by atoms with Crippen LogP contribution < -0.4 is 5.32 Å². The standard InChI is InChI=1S/C18H27Cl3N2O8/c1-4-5-6-29-16(26)13(24)8-11-7-12(23-17(27)30-9-18(19,20)21)14(31-11)22-10(2)15(25)28-3/h10-13,24H,4-9H2,1-3H3,(H,23,27)/t10-,11-,12+,13?/m1/s1. The Bertz CT molecular complexity index is 656. The zero-order chi connectivity index (χ0) is 23.6. The van der Waals surface area contributed by atoms with Crippen LogP contribution in [-0.4, -0.2) is 77.4 Å². The van der Waals surface area contributed by atoms with E-state index in [1.807, 2.05) is 6.92 Å². The van der Waals surface area contributed by atoms with Crippen LogP contribution in [0.25, 0.3) is 0 Å². The first-order valence-electron chi connectivity index (χ1n) is 9.63. The molecule has 2 N–H and O–H groups in total. The molecule has 1 heterocycles. The monoisotopic (exact) mass is 504 g/mol. The largest absolute Gasteiger partial charge is 0.476 e. The molecule has 0 saturated carbocycles. The summed E-state index contributed by atoms with van der Waals surface area (Å²) in [5.41, 5.74) is 0. The number of nitrogens with zero attached hydrogens (tertiary/aromatic N) is 1. The number of unbranched alkanes of at least 4 members (excludes halogenated alkanes) is 1. The maximum atomic E-state index is 12.0. The fourth-order valence-corrected chi connectivity index (χ4v) is 2.72. The Hall–Kier alpha value is -1.49. The zero-order valence-corrected chi connectivity index (χ0v) is 19.7. The molecule has 0 spiro atoms. The molecule has 1 aliphatic rings. The second-order valence-electron chi connectivity index (χ2n) is 6.80. The van der Waals surface area contributed by atoms with E-state index in [2.05, 4.69) is 15.0 Å². The minimum atomic E-state index is -1.79. The van der Waals surface area contributed by atoms with Crippen molar-refractivity contribution in [2.75, 3.05) is 20.3 Å². The number of alkyl halides is 3. The van der Waals surface area contributed by atoms with Gasteiger partial charge in [-0.15, -0.1) is 0 Å². The lowest BCUT2D eigenvalue weighted by Gasteiger charge is -2.15. The van der Waals surface area contributed by atoms with Gasteiger partial charge in [-0.1, -0.05) is 48.1 Å². The average Bonchev–Trinajstić information content (AvgIpc) is 3.05. The van der Waals surface area contributed by atoms with Gasteiger partial charge in [0.2, 0.25) is 9.69 Å². The minimum Gasteiger partial charge on any atom is -0.476 e. The van der Waals surface area contributed by atoms with Gasteiger partial charge in [-0.05, 0) is 13.3 Å². The molecule has 1 aliphatic heterocycles. The molecule has 1 saturated heterocycles. The van der Waals surface area contributed by atoms with Gasteiger partial charge in [0.25, 0.3) is 0 Å². The quantitative estimate of drug-likeness (QED) is 0.200. The summed E-state index contributed by atoms with van der Waals surface area (Å²) in [5, 5.41) is 12.6. The van der Waals surface area contributed by atoms with E-state index in [1.165, 1.54) is 14.0 Å². The van der Waals surface area contributed by atoms with Crippen molar-refractivity contribution in [3.63, 3.8) is 0 Å². The van der Waals surface area contributed by atoms with Gasteiger partial charge in [0, 0.05) is 12.8 Å². The lowest BCUT2D eigenvalue weighted by Crippen LogP contribution is -2.40. The van der Waals surface area contributed by atoms with E-state index in [4.69, 9.17) is 49.0 Å². The zero-order valence-electron chi connectivity index (χ0n) is 17.4. The molecule has 0 bridgehead atoms. The molecule has 31 heavy (non-hydrogen) atoms. The number of halogens is 3. The highest BCUT2D eigenvalue weighted by atomic mass is 35.6. The van der Waals surface area contributed by atoms with Crippen LogP contribution in [0.1, 0.15) is 39.5 Å². The van der Waals surface area contributed by atoms with E-state index in [0.717, 1.165) is 6.42 Å². The molecular weight excluding hydrogens is 479 g/mol. The van der Waals surface area contributed by atoms with Crippen LogP contribution in [0.5, 0.6) is 0 Å². The van der Waals surface area contributed by atoms with Gasteiger partial charge in [0.15, 0.2) is 6.10 Å². The van der Waals surface area contributed by atoms with Gasteiger partial charge in [0.05, 0.1) is 13.7 Å². The number of methoxy groups -OCH3 is 1. The molecule has 10 nitrogen and oxygen atoms in total. The Morgan fingerprint density at radius 3 is 2.55 bits per heavy atom. The van der Waals surface area contributed by atoms with E-state index in [0.29, 0.717) is 6.42 Å². The number of rotatable bonds is 10. The summed E-state index contributed by atoms with van der Waals surface area (Å²) in [6, 6.07) is -1.72. The summed E-state index contributed by atoms with van der Waals surface area (Å²) in [6.45, 7) is 3.14. The number of esters is 2. The summed E-state index contributed by atoms with van der Waals surface area (Å²) in [4.78, 5) is 39.7. The third kappa shape index (κ3) is 10.6. The molecule has 1 unspecified atom stereocenters. The second kappa shape index (κ2) is 13.1. The predicted octanol–water partition coefficient (Wildman–Crippen LogP) is 2.29. The highest BCUT2D eigenvalue weighted by Gasteiger charge is 2.37. The van der Waals surface area contributed by atoms with Crippen LogP contribution in [0.4, 0.5) is 4.79 Å². The molecule has 1 rings (SSSR count). The van der Waals surface area contributed by atoms with Gasteiger partial charge in [0.1, 0.15) is 24.8 Å². The first kappa shape index (κ1) is 27.5. The predicted molar refractivity (Wildman–Crippen MR) is 113 cm³/mol. The number of alkyl carbamates (subject to hydrolysis) is 1. The molecular formula is C18H27Cl3N2O8. The third-order valence-corrected chi connectivity index (χ3v) is 4.43. The summed E-state index contributed by atoms with van der Waals surface area (Å²) in [6.07, 6.45) is -1.43. The van der Waals surface area contributed by atoms with Crippen LogP contribution in [0.15, 0.2) is 4.99 Å². The van der Waals surface area contributed by atoms with Crippen molar-refractivity contribution < 1.29 is 38.4 Å². The van der Waals surface area contributed by atoms with Crippen LogP contribution in [-0.2, 0) is 28.5 Å². The summed E-state index contributed by atoms with van der Waals surface area (Å²) >= 11 is 16.7. The minimum absolute atomic E-state index is 0.0142. The lowest BCUT2D eigenvalue weighted by molar-refractivity contribution is -0.155. The van der Waals surface area contributed by atoms with Crippen molar-refractivity contribution in [2.24, 2.45) is 4.99 Å². The van der Waals surface area contributed by atoms with Crippen molar-refractivity contribution in [2.45, 2.75) is 67.6 Å². The number of aliphatic hydroxyl groups excluding tert-OH is 1. The van der Waals surface area contributed by atoms with E-state index < -0.39 is 52.7 Å². The Balaban J connectivity index is 2.80. The summed E-state index contributed by atoms with van der Waals surface area (Å²) in [5.74, 6) is -1.37. The molecule has 1 fully saturated rings. The van der Waals surface area contributed by atoms with Gasteiger partial charge < -0.3 is 29.4 Å². The molecule has 0 radical (unpaired) electrons. The fourth-order valence-electron chi connectivity index (χ4n) is 2.55. The van der Waals surface area contributed by atoms with Gasteiger partial charge in [-0.3, -0.25) is 0 Å². The number of amides is 1. The topological polar surface area (TPSA) is 133 Å². The summed E-state index contributed by atoms with van der Waals surface area (Å²) < 4.78 is 18.3. The Morgan fingerprint density at radius 1 is 1.29 bits per heavy atom. The van der Waals surface area contributed by atoms with Crippen LogP contribution in [0.2, 0.25) is 0 Å². The van der Waals surface area contributed by atoms with Gasteiger partial charge >= 0.3 is 18.0 Å². The van der Waals surface area contributed by atoms with Crippen LogP contribution in [0.3, 0.4) is 0 Å². The molecule has 1 amide bonds. The van der Waals surface area contributed by atoms with Gasteiger partial charge in [-0.25, -0.2) is 19.4 Å². The number of nitrogens with one attached hydrogen (secondary N) is 1. The van der Waals surface area contributed by atoms with Crippen molar-refractivity contribution in [1.82, 2.24) is 5.32 Å². The van der Waals surface area contributed by atoms with Crippen molar-refractivity contribution in [3.05, 3.63) is 0 Å². The van der Waals surface area contributed by atoms with E-state index in [-0.39, 0.29) is 25.3 Å². The average molecular weight is 506 g/mol. The lowest BCUT2D eigenvalue weighted by atomic mass is 10.1. The maximum absolute atomic E-state index is 12.0. The van der Waals surface area contributed by atoms with Crippen molar-refractivity contribution >= 4 is 58.7 Å². The van der Waals surface area contributed by atoms with Crippen LogP contribution >= 0.6 is 34.8 Å². The molecule has 13 heteroatoms. The number of ether oxygens (including phenoxy) is 4. The highest BCUT2D eigenvalue weighted by molar-refractivity contribution is 6.67. The van der Waals surface area contributed by atoms with Crippen molar-refractivity contribution in [1.29, 1.82) is 0 Å². The molecule has 0 aromatic rings. The SMILES string of the molecule is CCCCOC(=O)C(O)C[C@H]1C[C@H](NC(=O)OCC(Cl)(Cl)Cl)C(=N[C@H](C)C(=O)OC)O1. The number of aliphatic hydroxyl groups is 1. The van der Waals surface area contributed by atoms with Crippen LogP contribution in [0, 0.1) is 0 Å². The summed E-state index contributed by atoms with van der Waals surface area (Å²) in [7, 11) is 1.21. The highest BCUT2D eigenvalue weighted by Crippen LogP contribution is 2.26. The first-order chi connectivity index (χ1) is 14.5. The number of aliphatic imine (C=N–C) groups is 1. The molecule has 0 aliphatic carbocycles. The fraction of sp³-hybridized carbons (Fsp3) is 0.778. The normalized spacial score (nSPS) is 21.7. The Labute approximate surface area is 195 Å². The Morgan fingerprint density at radius 2 is 1.97 bits per heavy atom. The van der Waals surface area contributed by atoms with Gasteiger partial charge in [-0.2, -0.15) is 0 Å². The Kier molecular flexibility index (Phi) is 11.7.